The van der Waals surface area contributed by atoms with Crippen LogP contribution in [0.4, 0.5) is 10.1 Å². The fraction of sp³-hybridized carbons (Fsp3) is 0.200. The molecule has 3 heteroatoms. The minimum atomic E-state index is -0.329. The zero-order valence-electron chi connectivity index (χ0n) is 6.98. The number of hydrogen-bond donors (Lipinski definition) is 1. The summed E-state index contributed by atoms with van der Waals surface area (Å²) in [6.45, 7) is 0. The molecule has 0 aliphatic carbocycles. The first-order valence-electron chi connectivity index (χ1n) is 3.84. The maximum absolute atomic E-state index is 12.7. The maximum Gasteiger partial charge on any atom is 0.124 e. The largest absolute Gasteiger partial charge is 0.398 e. The Labute approximate surface area is 81.7 Å². The van der Waals surface area contributed by atoms with E-state index < -0.39 is 0 Å². The number of rotatable bonds is 1. The summed E-state index contributed by atoms with van der Waals surface area (Å²) in [5.41, 5.74) is 6.58. The highest BCUT2D eigenvalue weighted by atomic mass is 35.5. The van der Waals surface area contributed by atoms with E-state index in [1.165, 1.54) is 18.2 Å². The van der Waals surface area contributed by atoms with Crippen LogP contribution in [0.15, 0.2) is 18.2 Å². The van der Waals surface area contributed by atoms with Gasteiger partial charge in [-0.1, -0.05) is 11.8 Å². The predicted molar refractivity (Wildman–Crippen MR) is 53.0 cm³/mol. The Hall–Kier alpha value is -1.20. The molecule has 1 aromatic carbocycles. The van der Waals surface area contributed by atoms with E-state index in [2.05, 4.69) is 11.8 Å². The number of benzene rings is 1. The molecule has 68 valence electrons. The lowest BCUT2D eigenvalue weighted by Crippen LogP contribution is -1.90. The van der Waals surface area contributed by atoms with Crippen molar-refractivity contribution in [1.29, 1.82) is 0 Å². The zero-order chi connectivity index (χ0) is 9.68. The molecular formula is C10H9ClFN. The van der Waals surface area contributed by atoms with Gasteiger partial charge in [-0.15, -0.1) is 11.6 Å². The second-order valence-electron chi connectivity index (χ2n) is 2.47. The Balaban J connectivity index is 2.89. The molecular weight excluding hydrogens is 189 g/mol. The van der Waals surface area contributed by atoms with Gasteiger partial charge in [0.25, 0.3) is 0 Å². The van der Waals surface area contributed by atoms with E-state index >= 15 is 0 Å². The van der Waals surface area contributed by atoms with E-state index in [-0.39, 0.29) is 5.82 Å². The van der Waals surface area contributed by atoms with Crippen LogP contribution in [0.1, 0.15) is 12.0 Å². The average Bonchev–Trinajstić information content (AvgIpc) is 2.11. The second kappa shape index (κ2) is 4.74. The van der Waals surface area contributed by atoms with Gasteiger partial charge in [0.15, 0.2) is 0 Å². The van der Waals surface area contributed by atoms with Crippen molar-refractivity contribution < 1.29 is 4.39 Å². The van der Waals surface area contributed by atoms with Gasteiger partial charge in [0.1, 0.15) is 5.82 Å². The molecule has 0 aliphatic rings. The summed E-state index contributed by atoms with van der Waals surface area (Å²) in [5, 5.41) is 0. The first-order chi connectivity index (χ1) is 6.24. The molecule has 1 aromatic rings. The van der Waals surface area contributed by atoms with Gasteiger partial charge in [0, 0.05) is 18.0 Å². The third-order valence-corrected chi connectivity index (χ3v) is 1.65. The van der Waals surface area contributed by atoms with Gasteiger partial charge in [0.2, 0.25) is 0 Å². The van der Waals surface area contributed by atoms with Crippen LogP contribution in [0.5, 0.6) is 0 Å². The smallest absolute Gasteiger partial charge is 0.124 e. The minimum absolute atomic E-state index is 0.329. The van der Waals surface area contributed by atoms with Crippen molar-refractivity contribution in [3.63, 3.8) is 0 Å². The highest BCUT2D eigenvalue weighted by Crippen LogP contribution is 2.11. The molecule has 2 N–H and O–H groups in total. The SMILES string of the molecule is Nc1ccc(F)cc1C#CCCCl. The number of hydrogen-bond acceptors (Lipinski definition) is 1. The van der Waals surface area contributed by atoms with E-state index in [1.54, 1.807) is 0 Å². The molecule has 0 radical (unpaired) electrons. The number of anilines is 1. The Bertz CT molecular complexity index is 352. The van der Waals surface area contributed by atoms with Crippen molar-refractivity contribution in [3.05, 3.63) is 29.6 Å². The van der Waals surface area contributed by atoms with Gasteiger partial charge in [-0.25, -0.2) is 4.39 Å². The highest BCUT2D eigenvalue weighted by molar-refractivity contribution is 6.18. The Morgan fingerprint density at radius 1 is 1.46 bits per heavy atom. The van der Waals surface area contributed by atoms with Crippen molar-refractivity contribution >= 4 is 17.3 Å². The molecule has 1 rings (SSSR count). The number of nitrogen functional groups attached to an aromatic ring is 1. The summed E-state index contributed by atoms with van der Waals surface area (Å²) in [7, 11) is 0. The van der Waals surface area contributed by atoms with Crippen LogP contribution in [0.2, 0.25) is 0 Å². The van der Waals surface area contributed by atoms with Gasteiger partial charge in [-0.2, -0.15) is 0 Å². The number of alkyl halides is 1. The van der Waals surface area contributed by atoms with E-state index in [0.717, 1.165) is 0 Å². The van der Waals surface area contributed by atoms with Crippen molar-refractivity contribution in [2.45, 2.75) is 6.42 Å². The lowest BCUT2D eigenvalue weighted by Gasteiger charge is -1.96. The zero-order valence-corrected chi connectivity index (χ0v) is 7.74. The molecule has 0 heterocycles. The topological polar surface area (TPSA) is 26.0 Å². The molecule has 13 heavy (non-hydrogen) atoms. The fourth-order valence-corrected chi connectivity index (χ4v) is 0.936. The lowest BCUT2D eigenvalue weighted by molar-refractivity contribution is 0.627. The lowest BCUT2D eigenvalue weighted by atomic mass is 10.2. The molecule has 0 bridgehead atoms. The van der Waals surface area contributed by atoms with E-state index in [0.29, 0.717) is 23.6 Å². The molecule has 0 saturated heterocycles. The van der Waals surface area contributed by atoms with Gasteiger partial charge in [-0.3, -0.25) is 0 Å². The second-order valence-corrected chi connectivity index (χ2v) is 2.85. The monoisotopic (exact) mass is 197 g/mol. The molecule has 0 amide bonds. The van der Waals surface area contributed by atoms with Crippen molar-refractivity contribution in [2.75, 3.05) is 11.6 Å². The molecule has 0 aliphatic heterocycles. The summed E-state index contributed by atoms with van der Waals surface area (Å²) >= 11 is 5.43. The van der Waals surface area contributed by atoms with E-state index in [9.17, 15) is 4.39 Å². The third-order valence-electron chi connectivity index (χ3n) is 1.46. The summed E-state index contributed by atoms with van der Waals surface area (Å²) in [6, 6.07) is 4.12. The highest BCUT2D eigenvalue weighted by Gasteiger charge is 1.96. The van der Waals surface area contributed by atoms with Crippen LogP contribution in [0, 0.1) is 17.7 Å². The number of nitrogens with two attached hydrogens (primary N) is 1. The molecule has 0 fully saturated rings. The van der Waals surface area contributed by atoms with Gasteiger partial charge < -0.3 is 5.73 Å². The molecule has 0 spiro atoms. The summed E-state index contributed by atoms with van der Waals surface area (Å²) in [4.78, 5) is 0. The normalized spacial score (nSPS) is 9.08. The van der Waals surface area contributed by atoms with Crippen LogP contribution < -0.4 is 5.73 Å². The van der Waals surface area contributed by atoms with Crippen molar-refractivity contribution in [1.82, 2.24) is 0 Å². The third kappa shape index (κ3) is 2.96. The molecule has 1 nitrogen and oxygen atoms in total. The maximum atomic E-state index is 12.7. The van der Waals surface area contributed by atoms with E-state index in [1.807, 2.05) is 0 Å². The van der Waals surface area contributed by atoms with Crippen LogP contribution in [0.3, 0.4) is 0 Å². The Morgan fingerprint density at radius 2 is 2.23 bits per heavy atom. The Kier molecular flexibility index (Phi) is 3.60. The van der Waals surface area contributed by atoms with Gasteiger partial charge in [0.05, 0.1) is 5.56 Å². The van der Waals surface area contributed by atoms with E-state index in [4.69, 9.17) is 17.3 Å². The number of halogens is 2. The van der Waals surface area contributed by atoms with Crippen molar-refractivity contribution in [3.8, 4) is 11.8 Å². The first-order valence-corrected chi connectivity index (χ1v) is 4.37. The molecule has 0 aromatic heterocycles. The van der Waals surface area contributed by atoms with Crippen molar-refractivity contribution in [2.24, 2.45) is 0 Å². The summed E-state index contributed by atoms with van der Waals surface area (Å²) in [5.74, 6) is 5.69. The van der Waals surface area contributed by atoms with Gasteiger partial charge >= 0.3 is 0 Å². The van der Waals surface area contributed by atoms with Crippen LogP contribution in [-0.4, -0.2) is 5.88 Å². The summed E-state index contributed by atoms with van der Waals surface area (Å²) in [6.07, 6.45) is 0.581. The first kappa shape index (κ1) is 9.88. The van der Waals surface area contributed by atoms with Gasteiger partial charge in [-0.05, 0) is 18.2 Å². The summed E-state index contributed by atoms with van der Waals surface area (Å²) < 4.78 is 12.7. The molecule has 0 atom stereocenters. The fourth-order valence-electron chi connectivity index (χ4n) is 0.842. The minimum Gasteiger partial charge on any atom is -0.398 e. The quantitative estimate of drug-likeness (QED) is 0.418. The molecule has 0 saturated carbocycles. The Morgan fingerprint density at radius 3 is 2.92 bits per heavy atom. The molecule has 0 unspecified atom stereocenters. The average molecular weight is 198 g/mol. The standard InChI is InChI=1S/C10H9ClFN/c11-6-2-1-3-8-7-9(12)4-5-10(8)13/h4-5,7H,2,6,13H2. The van der Waals surface area contributed by atoms with Crippen LogP contribution in [-0.2, 0) is 0 Å². The predicted octanol–water partition coefficient (Wildman–Crippen LogP) is 2.39. The van der Waals surface area contributed by atoms with Crippen LogP contribution in [0.25, 0.3) is 0 Å². The van der Waals surface area contributed by atoms with Crippen LogP contribution >= 0.6 is 11.6 Å².